The van der Waals surface area contributed by atoms with Crippen LogP contribution in [0.3, 0.4) is 0 Å². The van der Waals surface area contributed by atoms with E-state index in [9.17, 15) is 9.59 Å². The maximum Gasteiger partial charge on any atom is 0.336 e. The highest BCUT2D eigenvalue weighted by molar-refractivity contribution is 8.01. The molecular formula is C18H13N3O4S3. The third kappa shape index (κ3) is 4.83. The maximum absolute atomic E-state index is 11.9. The van der Waals surface area contributed by atoms with Crippen LogP contribution in [0.25, 0.3) is 0 Å². The van der Waals surface area contributed by atoms with Crippen molar-refractivity contribution in [3.8, 4) is 0 Å². The highest BCUT2D eigenvalue weighted by atomic mass is 32.2. The fourth-order valence-electron chi connectivity index (χ4n) is 2.42. The number of aryl methyl sites for hydroxylation is 1. The van der Waals surface area contributed by atoms with Gasteiger partial charge in [-0.3, -0.25) is 0 Å². The van der Waals surface area contributed by atoms with E-state index in [1.54, 1.807) is 25.4 Å². The Labute approximate surface area is 171 Å². The number of hydrogen-bond acceptors (Lipinski definition) is 9. The minimum Gasteiger partial charge on any atom is -0.428 e. The Morgan fingerprint density at radius 3 is 2.61 bits per heavy atom. The molecule has 0 amide bonds. The zero-order valence-corrected chi connectivity index (χ0v) is 17.0. The molecule has 1 N–H and O–H groups in total. The van der Waals surface area contributed by atoms with E-state index >= 15 is 0 Å². The molecule has 0 aliphatic heterocycles. The van der Waals surface area contributed by atoms with Gasteiger partial charge in [-0.2, -0.15) is 0 Å². The molecule has 0 spiro atoms. The van der Waals surface area contributed by atoms with Crippen molar-refractivity contribution >= 4 is 34.9 Å². The van der Waals surface area contributed by atoms with Gasteiger partial charge >= 0.3 is 11.3 Å². The lowest BCUT2D eigenvalue weighted by Crippen LogP contribution is -2.01. The molecule has 10 heteroatoms. The number of H-pyrrole nitrogens is 1. The molecule has 4 rings (SSSR count). The molecule has 0 atom stereocenters. The summed E-state index contributed by atoms with van der Waals surface area (Å²) < 4.78 is 11.1. The summed E-state index contributed by atoms with van der Waals surface area (Å²) in [5.74, 6) is 1.06. The molecule has 0 aliphatic rings. The number of imidazole rings is 1. The van der Waals surface area contributed by atoms with Crippen LogP contribution in [-0.4, -0.2) is 15.0 Å². The number of aromatic amines is 1. The first-order valence-electron chi connectivity index (χ1n) is 8.09. The van der Waals surface area contributed by atoms with Crippen LogP contribution in [0.1, 0.15) is 17.2 Å². The lowest BCUT2D eigenvalue weighted by molar-refractivity contribution is 0.463. The van der Waals surface area contributed by atoms with Gasteiger partial charge in [0.25, 0.3) is 0 Å². The Kier molecular flexibility index (Phi) is 5.51. The summed E-state index contributed by atoms with van der Waals surface area (Å²) in [6, 6.07) is 6.45. The van der Waals surface area contributed by atoms with Crippen molar-refractivity contribution in [1.29, 1.82) is 0 Å². The van der Waals surface area contributed by atoms with Crippen LogP contribution < -0.4 is 11.3 Å². The highest BCUT2D eigenvalue weighted by Gasteiger charge is 2.10. The second kappa shape index (κ2) is 8.21. The SMILES string of the molecule is Cc1cc(Sc2nc(Cc3cc(Sc4nccs4)cc(=O)o3)c[nH]2)cc(=O)o1. The predicted molar refractivity (Wildman–Crippen MR) is 106 cm³/mol. The minimum atomic E-state index is -0.409. The fourth-order valence-corrected chi connectivity index (χ4v) is 4.97. The molecule has 0 radical (unpaired) electrons. The Hall–Kier alpha value is -2.56. The average Bonchev–Trinajstić information content (AvgIpc) is 3.25. The molecular weight excluding hydrogens is 418 g/mol. The van der Waals surface area contributed by atoms with E-state index < -0.39 is 11.3 Å². The molecule has 0 bridgehead atoms. The largest absolute Gasteiger partial charge is 0.428 e. The summed E-state index contributed by atoms with van der Waals surface area (Å²) in [6.45, 7) is 1.72. The molecule has 4 aromatic heterocycles. The number of rotatable bonds is 6. The lowest BCUT2D eigenvalue weighted by atomic mass is 10.2. The van der Waals surface area contributed by atoms with Gasteiger partial charge in [-0.05, 0) is 19.1 Å². The van der Waals surface area contributed by atoms with E-state index in [0.717, 1.165) is 19.8 Å². The number of thiazole rings is 1. The van der Waals surface area contributed by atoms with Crippen molar-refractivity contribution in [2.24, 2.45) is 0 Å². The van der Waals surface area contributed by atoms with Crippen molar-refractivity contribution < 1.29 is 8.83 Å². The molecule has 28 heavy (non-hydrogen) atoms. The number of nitrogens with one attached hydrogen (secondary N) is 1. The Morgan fingerprint density at radius 1 is 1.07 bits per heavy atom. The summed E-state index contributed by atoms with van der Waals surface area (Å²) in [5.41, 5.74) is -0.0829. The number of nitrogens with zero attached hydrogens (tertiary/aromatic N) is 2. The third-order valence-corrected chi connectivity index (χ3v) is 6.18. The molecule has 0 saturated heterocycles. The first kappa shape index (κ1) is 18.8. The van der Waals surface area contributed by atoms with Gasteiger partial charge in [-0.15, -0.1) is 11.3 Å². The molecule has 0 unspecified atom stereocenters. The first-order valence-corrected chi connectivity index (χ1v) is 10.6. The van der Waals surface area contributed by atoms with Gasteiger partial charge in [0.2, 0.25) is 0 Å². The van der Waals surface area contributed by atoms with E-state index in [1.165, 1.54) is 47.0 Å². The number of hydrogen-bond donors (Lipinski definition) is 1. The quantitative estimate of drug-likeness (QED) is 0.489. The van der Waals surface area contributed by atoms with Crippen LogP contribution in [0, 0.1) is 6.92 Å². The monoisotopic (exact) mass is 431 g/mol. The highest BCUT2D eigenvalue weighted by Crippen LogP contribution is 2.29. The van der Waals surface area contributed by atoms with Crippen LogP contribution in [0.4, 0.5) is 0 Å². The van der Waals surface area contributed by atoms with Crippen LogP contribution in [0.5, 0.6) is 0 Å². The Bertz CT molecular complexity index is 1210. The molecule has 7 nitrogen and oxygen atoms in total. The van der Waals surface area contributed by atoms with E-state index in [2.05, 4.69) is 15.0 Å². The predicted octanol–water partition coefficient (Wildman–Crippen LogP) is 3.97. The standard InChI is InChI=1S/C18H13N3O4S3/c1-10-4-13(7-15(22)24-10)27-17-20-9-11(21-17)5-12-6-14(8-16(23)25-12)28-18-19-2-3-26-18/h2-4,6-9H,5H2,1H3,(H,20,21). The minimum absolute atomic E-state index is 0.370. The topological polar surface area (TPSA) is 102 Å². The molecule has 0 aliphatic carbocycles. The average molecular weight is 432 g/mol. The molecule has 4 aromatic rings. The van der Waals surface area contributed by atoms with Gasteiger partial charge in [0.1, 0.15) is 11.5 Å². The molecule has 4 heterocycles. The summed E-state index contributed by atoms with van der Waals surface area (Å²) >= 11 is 4.26. The Morgan fingerprint density at radius 2 is 1.86 bits per heavy atom. The smallest absolute Gasteiger partial charge is 0.336 e. The van der Waals surface area contributed by atoms with Crippen molar-refractivity contribution in [1.82, 2.24) is 15.0 Å². The number of aromatic nitrogens is 3. The van der Waals surface area contributed by atoms with E-state index in [0.29, 0.717) is 23.1 Å². The van der Waals surface area contributed by atoms with Crippen LogP contribution in [0.15, 0.2) is 79.7 Å². The van der Waals surface area contributed by atoms with Gasteiger partial charge in [-0.25, -0.2) is 19.6 Å². The van der Waals surface area contributed by atoms with Gasteiger partial charge in [0, 0.05) is 46.1 Å². The zero-order valence-electron chi connectivity index (χ0n) is 14.5. The summed E-state index contributed by atoms with van der Waals surface area (Å²) in [4.78, 5) is 36.6. The molecule has 0 aromatic carbocycles. The second-order valence-corrected chi connectivity index (χ2v) is 8.95. The van der Waals surface area contributed by atoms with Gasteiger partial charge in [0.05, 0.1) is 5.69 Å². The van der Waals surface area contributed by atoms with Crippen LogP contribution >= 0.6 is 34.9 Å². The van der Waals surface area contributed by atoms with Gasteiger partial charge < -0.3 is 13.8 Å². The van der Waals surface area contributed by atoms with Gasteiger partial charge in [-0.1, -0.05) is 23.5 Å². The third-order valence-electron chi connectivity index (χ3n) is 3.45. The van der Waals surface area contributed by atoms with Crippen molar-refractivity contribution in [3.63, 3.8) is 0 Å². The zero-order chi connectivity index (χ0) is 19.5. The molecule has 142 valence electrons. The van der Waals surface area contributed by atoms with E-state index in [1.807, 2.05) is 11.4 Å². The fraction of sp³-hybridized carbons (Fsp3) is 0.111. The summed E-state index contributed by atoms with van der Waals surface area (Å²) in [5, 5.41) is 2.52. The molecule has 0 saturated carbocycles. The summed E-state index contributed by atoms with van der Waals surface area (Å²) in [7, 11) is 0. The van der Waals surface area contributed by atoms with E-state index in [-0.39, 0.29) is 0 Å². The summed E-state index contributed by atoms with van der Waals surface area (Å²) in [6.07, 6.45) is 3.84. The van der Waals surface area contributed by atoms with Crippen LogP contribution in [-0.2, 0) is 6.42 Å². The molecule has 0 fully saturated rings. The Balaban J connectivity index is 1.50. The van der Waals surface area contributed by atoms with Crippen molar-refractivity contribution in [3.05, 3.63) is 80.1 Å². The maximum atomic E-state index is 11.9. The first-order chi connectivity index (χ1) is 13.5. The van der Waals surface area contributed by atoms with Gasteiger partial charge in [0.15, 0.2) is 9.50 Å². The van der Waals surface area contributed by atoms with E-state index in [4.69, 9.17) is 8.83 Å². The second-order valence-electron chi connectivity index (χ2n) is 5.68. The van der Waals surface area contributed by atoms with Crippen molar-refractivity contribution in [2.45, 2.75) is 32.6 Å². The van der Waals surface area contributed by atoms with Crippen LogP contribution in [0.2, 0.25) is 0 Å². The normalized spacial score (nSPS) is 11.0. The van der Waals surface area contributed by atoms with Crippen molar-refractivity contribution in [2.75, 3.05) is 0 Å². The lowest BCUT2D eigenvalue weighted by Gasteiger charge is -2.01.